The normalized spacial score (nSPS) is 11.4. The zero-order chi connectivity index (χ0) is 27.4. The Morgan fingerprint density at radius 2 is 0.775 bits per heavy atom. The van der Waals surface area contributed by atoms with E-state index in [9.17, 15) is 18.4 Å². The number of aromatic amines is 2. The van der Waals surface area contributed by atoms with Crippen molar-refractivity contribution in [2.45, 2.75) is 0 Å². The Morgan fingerprint density at radius 3 is 1.18 bits per heavy atom. The van der Waals surface area contributed by atoms with E-state index in [-0.39, 0.29) is 22.5 Å². The van der Waals surface area contributed by atoms with Gasteiger partial charge in [-0.1, -0.05) is 0 Å². The molecular weight excluding hydrogens is 514 g/mol. The summed E-state index contributed by atoms with van der Waals surface area (Å²) in [6.45, 7) is 0. The van der Waals surface area contributed by atoms with E-state index < -0.39 is 0 Å². The Balaban J connectivity index is 1.33. The monoisotopic (exact) mass is 532 g/mol. The molecule has 0 amide bonds. The molecule has 0 saturated carbocycles. The fourth-order valence-corrected chi connectivity index (χ4v) is 4.81. The van der Waals surface area contributed by atoms with Gasteiger partial charge in [0.1, 0.15) is 34.6 Å². The van der Waals surface area contributed by atoms with Crippen LogP contribution in [0, 0.1) is 11.6 Å². The number of nitrogens with one attached hydrogen (secondary N) is 2. The Labute approximate surface area is 224 Å². The van der Waals surface area contributed by atoms with E-state index in [2.05, 4.69) is 9.97 Å². The van der Waals surface area contributed by atoms with Crippen molar-refractivity contribution in [2.24, 2.45) is 0 Å². The summed E-state index contributed by atoms with van der Waals surface area (Å²) in [7, 11) is 0. The molecule has 2 N–H and O–H groups in total. The molecule has 7 rings (SSSR count). The number of benzene rings is 5. The van der Waals surface area contributed by atoms with E-state index >= 15 is 0 Å². The molecule has 0 aliphatic rings. The molecule has 7 aromatic rings. The van der Waals surface area contributed by atoms with E-state index in [0.29, 0.717) is 66.6 Å². The van der Waals surface area contributed by atoms with E-state index in [1.807, 2.05) is 0 Å². The molecule has 0 radical (unpaired) electrons. The van der Waals surface area contributed by atoms with E-state index in [1.54, 1.807) is 48.5 Å². The van der Waals surface area contributed by atoms with Crippen LogP contribution in [0.15, 0.2) is 107 Å². The van der Waals surface area contributed by atoms with E-state index in [1.165, 1.54) is 48.5 Å². The molecule has 0 aliphatic carbocycles. The average molecular weight is 533 g/mol. The highest BCUT2D eigenvalue weighted by molar-refractivity contribution is 6.03. The van der Waals surface area contributed by atoms with Gasteiger partial charge in [0.05, 0.1) is 22.1 Å². The number of hydrogen-bond acceptors (Lipinski definition) is 4. The summed E-state index contributed by atoms with van der Waals surface area (Å²) in [5, 5.41) is 1.64. The number of halogens is 2. The van der Waals surface area contributed by atoms with Gasteiger partial charge in [-0.05, 0) is 97.1 Å². The number of aromatic nitrogens is 2. The highest BCUT2D eigenvalue weighted by Crippen LogP contribution is 2.28. The summed E-state index contributed by atoms with van der Waals surface area (Å²) in [4.78, 5) is 33.5. The summed E-state index contributed by atoms with van der Waals surface area (Å²) >= 11 is 0. The fourth-order valence-electron chi connectivity index (χ4n) is 4.81. The number of hydrogen-bond donors (Lipinski definition) is 2. The first-order chi connectivity index (χ1) is 19.4. The Kier molecular flexibility index (Phi) is 5.35. The van der Waals surface area contributed by atoms with Gasteiger partial charge < -0.3 is 19.4 Å². The van der Waals surface area contributed by atoms with Crippen molar-refractivity contribution in [1.82, 2.24) is 9.97 Å². The van der Waals surface area contributed by atoms with Gasteiger partial charge in [-0.3, -0.25) is 9.59 Å². The Morgan fingerprint density at radius 1 is 0.425 bits per heavy atom. The van der Waals surface area contributed by atoms with Crippen LogP contribution in [0.3, 0.4) is 0 Å². The minimum absolute atomic E-state index is 0.223. The molecule has 0 bridgehead atoms. The van der Waals surface area contributed by atoms with Gasteiger partial charge in [0.2, 0.25) is 0 Å². The number of ether oxygens (including phenoxy) is 2. The highest BCUT2D eigenvalue weighted by Gasteiger charge is 2.13. The summed E-state index contributed by atoms with van der Waals surface area (Å²) in [5.74, 6) is 1.01. The maximum atomic E-state index is 13.5. The maximum absolute atomic E-state index is 13.5. The summed E-state index contributed by atoms with van der Waals surface area (Å²) in [6, 6.07) is 24.7. The zero-order valence-electron chi connectivity index (χ0n) is 20.6. The van der Waals surface area contributed by atoms with Gasteiger partial charge in [-0.25, -0.2) is 8.78 Å². The minimum atomic E-state index is -0.370. The molecule has 2 heterocycles. The van der Waals surface area contributed by atoms with Crippen molar-refractivity contribution in [3.8, 4) is 23.0 Å². The van der Waals surface area contributed by atoms with Crippen LogP contribution in [-0.2, 0) is 0 Å². The molecule has 6 nitrogen and oxygen atoms in total. The van der Waals surface area contributed by atoms with Gasteiger partial charge in [0.25, 0.3) is 0 Å². The third-order valence-corrected chi connectivity index (χ3v) is 6.76. The lowest BCUT2D eigenvalue weighted by molar-refractivity contribution is 0.481. The molecule has 8 heteroatoms. The van der Waals surface area contributed by atoms with Crippen LogP contribution in [0.5, 0.6) is 23.0 Å². The van der Waals surface area contributed by atoms with Crippen molar-refractivity contribution in [3.05, 3.63) is 129 Å². The fraction of sp³-hybridized carbons (Fsp3) is 0. The molecule has 0 spiro atoms. The molecule has 0 fully saturated rings. The maximum Gasteiger partial charge on any atom is 0.197 e. The first kappa shape index (κ1) is 23.6. The topological polar surface area (TPSA) is 84.2 Å². The van der Waals surface area contributed by atoms with Crippen LogP contribution in [0.1, 0.15) is 0 Å². The van der Waals surface area contributed by atoms with Gasteiger partial charge in [0, 0.05) is 21.5 Å². The first-order valence-electron chi connectivity index (χ1n) is 12.4. The van der Waals surface area contributed by atoms with Crippen LogP contribution in [0.4, 0.5) is 8.78 Å². The quantitative estimate of drug-likeness (QED) is 0.230. The lowest BCUT2D eigenvalue weighted by atomic mass is 10.0. The largest absolute Gasteiger partial charge is 0.457 e. The molecule has 194 valence electrons. The third-order valence-electron chi connectivity index (χ3n) is 6.76. The van der Waals surface area contributed by atoms with Crippen molar-refractivity contribution in [3.63, 3.8) is 0 Å². The zero-order valence-corrected chi connectivity index (χ0v) is 20.6. The van der Waals surface area contributed by atoms with Crippen molar-refractivity contribution < 1.29 is 18.3 Å². The molecular formula is C32H18F2N2O4. The Bertz CT molecular complexity index is 2060. The SMILES string of the molecule is O=c1c2cc(Oc3ccc(F)cc3)ccc2[nH]c2cc3c(=O)c4cc(Oc5ccc(F)cc5)ccc4[nH]c3cc12. The van der Waals surface area contributed by atoms with E-state index in [4.69, 9.17) is 9.47 Å². The predicted octanol–water partition coefficient (Wildman–Crippen LogP) is 7.54. The van der Waals surface area contributed by atoms with E-state index in [0.717, 1.165) is 0 Å². The number of H-pyrrole nitrogens is 2. The second kappa shape index (κ2) is 9.06. The first-order valence-corrected chi connectivity index (χ1v) is 12.4. The van der Waals surface area contributed by atoms with Crippen molar-refractivity contribution >= 4 is 43.6 Å². The van der Waals surface area contributed by atoms with Gasteiger partial charge >= 0.3 is 0 Å². The molecule has 0 aliphatic heterocycles. The predicted molar refractivity (Wildman–Crippen MR) is 151 cm³/mol. The molecule has 5 aromatic carbocycles. The number of rotatable bonds is 4. The average Bonchev–Trinajstić information content (AvgIpc) is 2.96. The second-order valence-corrected chi connectivity index (χ2v) is 9.38. The van der Waals surface area contributed by atoms with Gasteiger partial charge in [-0.2, -0.15) is 0 Å². The smallest absolute Gasteiger partial charge is 0.197 e. The van der Waals surface area contributed by atoms with Crippen molar-refractivity contribution in [2.75, 3.05) is 0 Å². The highest BCUT2D eigenvalue weighted by atomic mass is 19.1. The van der Waals surface area contributed by atoms with Crippen LogP contribution in [-0.4, -0.2) is 9.97 Å². The van der Waals surface area contributed by atoms with Gasteiger partial charge in [-0.15, -0.1) is 0 Å². The standard InChI is InChI=1S/C32H18F2N2O4/c33-17-1-5-19(6-2-17)39-21-9-11-27-23(13-21)31(37)25-15-30-26(16-29(25)35-27)32(38)24-14-22(10-12-28(24)36-30)40-20-7-3-18(34)4-8-20/h1-16H,(H,35,37)(H,36,38). The minimum Gasteiger partial charge on any atom is -0.457 e. The van der Waals surface area contributed by atoms with Crippen molar-refractivity contribution in [1.29, 1.82) is 0 Å². The number of pyridine rings is 2. The number of fused-ring (bicyclic) bond motifs is 4. The second-order valence-electron chi connectivity index (χ2n) is 9.38. The van der Waals surface area contributed by atoms with Gasteiger partial charge in [0.15, 0.2) is 10.9 Å². The molecule has 0 saturated heterocycles. The molecule has 0 unspecified atom stereocenters. The lowest BCUT2D eigenvalue weighted by Crippen LogP contribution is -2.08. The van der Waals surface area contributed by atoms with Crippen LogP contribution in [0.2, 0.25) is 0 Å². The van der Waals surface area contributed by atoms with Crippen LogP contribution >= 0.6 is 0 Å². The van der Waals surface area contributed by atoms with Crippen LogP contribution < -0.4 is 20.3 Å². The summed E-state index contributed by atoms with van der Waals surface area (Å²) < 4.78 is 38.1. The van der Waals surface area contributed by atoms with Crippen LogP contribution in [0.25, 0.3) is 43.6 Å². The molecule has 0 atom stereocenters. The molecule has 2 aromatic heterocycles. The lowest BCUT2D eigenvalue weighted by Gasteiger charge is -2.10. The molecule has 40 heavy (non-hydrogen) atoms. The summed E-state index contributed by atoms with van der Waals surface area (Å²) in [5.41, 5.74) is 1.74. The third kappa shape index (κ3) is 4.12. The Hall–Kier alpha value is -5.50. The summed E-state index contributed by atoms with van der Waals surface area (Å²) in [6.07, 6.45) is 0.